The third kappa shape index (κ3) is 2.73. The van der Waals surface area contributed by atoms with Crippen LogP contribution in [0.1, 0.15) is 19.1 Å². The van der Waals surface area contributed by atoms with E-state index in [1.807, 2.05) is 0 Å². The Morgan fingerprint density at radius 3 is 2.77 bits per heavy atom. The number of hydrogen-bond acceptors (Lipinski definition) is 2. The summed E-state index contributed by atoms with van der Waals surface area (Å²) >= 11 is 3.14. The van der Waals surface area contributed by atoms with Crippen LogP contribution in [0, 0.1) is 0 Å². The molecule has 0 radical (unpaired) electrons. The highest BCUT2D eigenvalue weighted by Gasteiger charge is 2.05. The van der Waals surface area contributed by atoms with Crippen LogP contribution in [0.3, 0.4) is 0 Å². The molecule has 0 aliphatic carbocycles. The topological polar surface area (TPSA) is 50.4 Å². The molecule has 1 rings (SSSR count). The molecule has 1 aromatic heterocycles. The van der Waals surface area contributed by atoms with Gasteiger partial charge in [0.05, 0.1) is 0 Å². The standard InChI is InChI=1S/C9H9BrO3/c1-2-6(9(11)12)5-7-3-4-8(10)13-7/h3-5H,2H2,1H3,(H,11,12)/b6-5+. The molecule has 0 saturated heterocycles. The Morgan fingerprint density at radius 1 is 1.69 bits per heavy atom. The lowest BCUT2D eigenvalue weighted by Gasteiger charge is -1.94. The van der Waals surface area contributed by atoms with Crippen molar-refractivity contribution in [3.8, 4) is 0 Å². The van der Waals surface area contributed by atoms with Crippen LogP contribution in [0.4, 0.5) is 0 Å². The molecule has 0 aliphatic heterocycles. The van der Waals surface area contributed by atoms with Crippen LogP contribution in [-0.4, -0.2) is 11.1 Å². The van der Waals surface area contributed by atoms with Crippen molar-refractivity contribution in [1.29, 1.82) is 0 Å². The van der Waals surface area contributed by atoms with E-state index in [4.69, 9.17) is 9.52 Å². The molecule has 0 amide bonds. The monoisotopic (exact) mass is 244 g/mol. The minimum absolute atomic E-state index is 0.335. The lowest BCUT2D eigenvalue weighted by Crippen LogP contribution is -1.98. The van der Waals surface area contributed by atoms with Crippen molar-refractivity contribution in [2.24, 2.45) is 0 Å². The van der Waals surface area contributed by atoms with Crippen LogP contribution in [0.25, 0.3) is 6.08 Å². The molecule has 0 aliphatic rings. The number of halogens is 1. The third-order valence-electron chi connectivity index (χ3n) is 1.57. The SMILES string of the molecule is CC/C(=C\c1ccc(Br)o1)C(=O)O. The Bertz CT molecular complexity index is 338. The van der Waals surface area contributed by atoms with Gasteiger partial charge in [0, 0.05) is 5.57 Å². The first kappa shape index (κ1) is 10.1. The number of carboxylic acid groups (broad SMARTS) is 1. The smallest absolute Gasteiger partial charge is 0.331 e. The number of furan rings is 1. The van der Waals surface area contributed by atoms with E-state index >= 15 is 0 Å². The number of carbonyl (C=O) groups is 1. The highest BCUT2D eigenvalue weighted by molar-refractivity contribution is 9.10. The summed E-state index contributed by atoms with van der Waals surface area (Å²) in [6, 6.07) is 3.43. The van der Waals surface area contributed by atoms with Crippen LogP contribution in [0.5, 0.6) is 0 Å². The average molecular weight is 245 g/mol. The van der Waals surface area contributed by atoms with Gasteiger partial charge in [0.25, 0.3) is 0 Å². The van der Waals surface area contributed by atoms with Crippen molar-refractivity contribution in [2.75, 3.05) is 0 Å². The molecular weight excluding hydrogens is 236 g/mol. The zero-order valence-corrected chi connectivity index (χ0v) is 8.67. The molecule has 0 spiro atoms. The van der Waals surface area contributed by atoms with Gasteiger partial charge in [-0.25, -0.2) is 4.79 Å². The number of carboxylic acids is 1. The van der Waals surface area contributed by atoms with Gasteiger partial charge in [-0.1, -0.05) is 6.92 Å². The van der Waals surface area contributed by atoms with E-state index < -0.39 is 5.97 Å². The first-order valence-corrected chi connectivity index (χ1v) is 4.62. The van der Waals surface area contributed by atoms with Crippen LogP contribution in [0.2, 0.25) is 0 Å². The number of rotatable bonds is 3. The van der Waals surface area contributed by atoms with Gasteiger partial charge in [-0.2, -0.15) is 0 Å². The molecule has 3 nitrogen and oxygen atoms in total. The van der Waals surface area contributed by atoms with E-state index in [0.29, 0.717) is 22.4 Å². The van der Waals surface area contributed by atoms with E-state index in [-0.39, 0.29) is 0 Å². The molecule has 1 aromatic rings. The minimum Gasteiger partial charge on any atom is -0.478 e. The van der Waals surface area contributed by atoms with E-state index in [1.165, 1.54) is 6.08 Å². The fourth-order valence-corrected chi connectivity index (χ4v) is 1.21. The Morgan fingerprint density at radius 2 is 2.38 bits per heavy atom. The number of hydrogen-bond donors (Lipinski definition) is 1. The van der Waals surface area contributed by atoms with Gasteiger partial charge in [-0.05, 0) is 40.6 Å². The molecule has 0 unspecified atom stereocenters. The summed E-state index contributed by atoms with van der Waals surface area (Å²) in [5.41, 5.74) is 0.335. The van der Waals surface area contributed by atoms with Gasteiger partial charge in [-0.3, -0.25) is 0 Å². The van der Waals surface area contributed by atoms with Gasteiger partial charge in [0.15, 0.2) is 4.67 Å². The van der Waals surface area contributed by atoms with Crippen molar-refractivity contribution in [1.82, 2.24) is 0 Å². The lowest BCUT2D eigenvalue weighted by atomic mass is 10.2. The maximum absolute atomic E-state index is 10.6. The Labute approximate surface area is 84.2 Å². The normalized spacial score (nSPS) is 11.7. The Hall–Kier alpha value is -1.03. The molecule has 4 heteroatoms. The van der Waals surface area contributed by atoms with Crippen molar-refractivity contribution in [3.63, 3.8) is 0 Å². The summed E-state index contributed by atoms with van der Waals surface area (Å²) in [6.45, 7) is 1.79. The highest BCUT2D eigenvalue weighted by atomic mass is 79.9. The zero-order chi connectivity index (χ0) is 9.84. The number of aliphatic carboxylic acids is 1. The molecule has 1 N–H and O–H groups in total. The maximum atomic E-state index is 10.6. The van der Waals surface area contributed by atoms with Crippen molar-refractivity contribution in [3.05, 3.63) is 28.1 Å². The second-order valence-electron chi connectivity index (χ2n) is 2.47. The summed E-state index contributed by atoms with van der Waals surface area (Å²) in [5, 5.41) is 8.72. The summed E-state index contributed by atoms with van der Waals surface area (Å²) in [5.74, 6) is -0.360. The van der Waals surface area contributed by atoms with Crippen LogP contribution in [0.15, 0.2) is 26.8 Å². The summed E-state index contributed by atoms with van der Waals surface area (Å²) in [6.07, 6.45) is 2.00. The largest absolute Gasteiger partial charge is 0.478 e. The molecule has 70 valence electrons. The predicted octanol–water partition coefficient (Wildman–Crippen LogP) is 2.92. The third-order valence-corrected chi connectivity index (χ3v) is 1.99. The molecule has 0 bridgehead atoms. The van der Waals surface area contributed by atoms with Crippen molar-refractivity contribution >= 4 is 28.0 Å². The second-order valence-corrected chi connectivity index (χ2v) is 3.25. The van der Waals surface area contributed by atoms with Gasteiger partial charge >= 0.3 is 5.97 Å². The second kappa shape index (κ2) is 4.28. The molecule has 0 atom stereocenters. The van der Waals surface area contributed by atoms with Crippen molar-refractivity contribution in [2.45, 2.75) is 13.3 Å². The Kier molecular flexibility index (Phi) is 3.31. The van der Waals surface area contributed by atoms with Gasteiger partial charge in [-0.15, -0.1) is 0 Å². The van der Waals surface area contributed by atoms with E-state index in [9.17, 15) is 4.79 Å². The maximum Gasteiger partial charge on any atom is 0.331 e. The van der Waals surface area contributed by atoms with Crippen LogP contribution >= 0.6 is 15.9 Å². The van der Waals surface area contributed by atoms with E-state index in [1.54, 1.807) is 19.1 Å². The molecular formula is C9H9BrO3. The minimum atomic E-state index is -0.907. The lowest BCUT2D eigenvalue weighted by molar-refractivity contribution is -0.132. The molecule has 1 heterocycles. The molecule has 0 aromatic carbocycles. The van der Waals surface area contributed by atoms with Gasteiger partial charge in [0.1, 0.15) is 5.76 Å². The molecule has 0 saturated carbocycles. The predicted molar refractivity (Wildman–Crippen MR) is 52.3 cm³/mol. The molecule has 0 fully saturated rings. The fraction of sp³-hybridized carbons (Fsp3) is 0.222. The molecule has 13 heavy (non-hydrogen) atoms. The quantitative estimate of drug-likeness (QED) is 0.833. The Balaban J connectivity index is 2.91. The summed E-state index contributed by atoms with van der Waals surface area (Å²) in [7, 11) is 0. The van der Waals surface area contributed by atoms with Gasteiger partial charge in [0.2, 0.25) is 0 Å². The fourth-order valence-electron chi connectivity index (χ4n) is 0.893. The average Bonchev–Trinajstić information content (AvgIpc) is 2.46. The van der Waals surface area contributed by atoms with Crippen molar-refractivity contribution < 1.29 is 14.3 Å². The van der Waals surface area contributed by atoms with E-state index in [0.717, 1.165) is 0 Å². The van der Waals surface area contributed by atoms with Gasteiger partial charge < -0.3 is 9.52 Å². The first-order chi connectivity index (χ1) is 6.13. The highest BCUT2D eigenvalue weighted by Crippen LogP contribution is 2.17. The summed E-state index contributed by atoms with van der Waals surface area (Å²) in [4.78, 5) is 10.6. The zero-order valence-electron chi connectivity index (χ0n) is 7.08. The first-order valence-electron chi connectivity index (χ1n) is 3.82. The van der Waals surface area contributed by atoms with Crippen LogP contribution < -0.4 is 0 Å². The summed E-state index contributed by atoms with van der Waals surface area (Å²) < 4.78 is 5.74. The van der Waals surface area contributed by atoms with E-state index in [2.05, 4.69) is 15.9 Å². The van der Waals surface area contributed by atoms with Crippen LogP contribution in [-0.2, 0) is 4.79 Å².